The number of hydrogen-bond donors (Lipinski definition) is 0. The van der Waals surface area contributed by atoms with Gasteiger partial charge in [0.25, 0.3) is 5.69 Å². The molecule has 7 heteroatoms. The van der Waals surface area contributed by atoms with E-state index in [1.165, 1.54) is 6.92 Å². The van der Waals surface area contributed by atoms with Crippen LogP contribution in [0.1, 0.15) is 5.56 Å². The van der Waals surface area contributed by atoms with Crippen molar-refractivity contribution < 1.29 is 17.9 Å². The molecule has 0 aliphatic rings. The Morgan fingerprint density at radius 2 is 1.93 bits per heavy atom. The number of benzene rings is 1. The fourth-order valence-corrected chi connectivity index (χ4v) is 1.72. The highest BCUT2D eigenvalue weighted by Crippen LogP contribution is 2.20. The molecule has 0 N–H and O–H groups in total. The minimum absolute atomic E-state index is 0.0780. The molecule has 0 saturated heterocycles. The molecule has 0 aliphatic heterocycles. The van der Waals surface area contributed by atoms with E-state index in [9.17, 15) is 23.1 Å². The molecule has 0 heterocycles. The van der Waals surface area contributed by atoms with Gasteiger partial charge in [0.05, 0.1) is 9.82 Å². The van der Waals surface area contributed by atoms with E-state index in [4.69, 9.17) is 0 Å². The lowest BCUT2D eigenvalue weighted by Gasteiger charge is -2.09. The Hall–Kier alpha value is -1.47. The van der Waals surface area contributed by atoms with Crippen LogP contribution in [0, 0.1) is 17.0 Å². The fraction of sp³-hybridized carbons (Fsp3) is 0.143. The average molecular weight is 216 g/mol. The van der Waals surface area contributed by atoms with Crippen LogP contribution in [0.3, 0.4) is 0 Å². The van der Waals surface area contributed by atoms with Gasteiger partial charge < -0.3 is 4.55 Å². The summed E-state index contributed by atoms with van der Waals surface area (Å²) < 4.78 is 31.8. The first-order valence-corrected chi connectivity index (χ1v) is 4.94. The van der Waals surface area contributed by atoms with E-state index in [1.54, 1.807) is 0 Å². The summed E-state index contributed by atoms with van der Waals surface area (Å²) in [4.78, 5) is 9.21. The second-order valence-electron chi connectivity index (χ2n) is 2.66. The first kappa shape index (κ1) is 10.6. The van der Waals surface area contributed by atoms with Gasteiger partial charge >= 0.3 is 0 Å². The van der Waals surface area contributed by atoms with Gasteiger partial charge in [-0.15, -0.1) is 0 Å². The predicted octanol–water partition coefficient (Wildman–Crippen LogP) is 0.807. The number of aryl methyl sites for hydroxylation is 1. The van der Waals surface area contributed by atoms with E-state index in [0.717, 1.165) is 18.2 Å². The number of nitrogens with zero attached hydrogens (tertiary/aromatic N) is 1. The van der Waals surface area contributed by atoms with Crippen LogP contribution < -0.4 is 0 Å². The maximum Gasteiger partial charge on any atom is 0.269 e. The molecule has 0 saturated carbocycles. The van der Waals surface area contributed by atoms with E-state index in [-0.39, 0.29) is 11.3 Å². The summed E-state index contributed by atoms with van der Waals surface area (Å²) in [5, 5.41) is 10.3. The highest BCUT2D eigenvalue weighted by molar-refractivity contribution is 7.85. The number of non-ortho nitro benzene ring substituents is 1. The molecule has 6 nitrogen and oxygen atoms in total. The lowest BCUT2D eigenvalue weighted by molar-refractivity contribution is -0.385. The zero-order chi connectivity index (χ0) is 10.9. The van der Waals surface area contributed by atoms with E-state index in [2.05, 4.69) is 0 Å². The molecule has 0 bridgehead atoms. The highest BCUT2D eigenvalue weighted by Gasteiger charge is 2.11. The second-order valence-corrected chi connectivity index (χ2v) is 4.01. The first-order chi connectivity index (χ1) is 6.32. The van der Waals surface area contributed by atoms with Gasteiger partial charge in [0.1, 0.15) is 10.1 Å². The van der Waals surface area contributed by atoms with Crippen molar-refractivity contribution in [1.82, 2.24) is 0 Å². The summed E-state index contributed by atoms with van der Waals surface area (Å²) in [5.41, 5.74) is -0.163. The normalized spacial score (nSPS) is 11.3. The fourth-order valence-electron chi connectivity index (χ4n) is 1.03. The smallest absolute Gasteiger partial charge is 0.269 e. The van der Waals surface area contributed by atoms with Crippen LogP contribution in [-0.4, -0.2) is 17.9 Å². The van der Waals surface area contributed by atoms with E-state index in [0.29, 0.717) is 0 Å². The van der Waals surface area contributed by atoms with Crippen molar-refractivity contribution in [2.75, 3.05) is 0 Å². The van der Waals surface area contributed by atoms with Gasteiger partial charge in [0, 0.05) is 12.1 Å². The van der Waals surface area contributed by atoms with Crippen LogP contribution in [0.2, 0.25) is 0 Å². The van der Waals surface area contributed by atoms with Crippen LogP contribution in [0.4, 0.5) is 5.69 Å². The summed E-state index contributed by atoms with van der Waals surface area (Å²) in [7, 11) is -4.55. The zero-order valence-electron chi connectivity index (χ0n) is 7.13. The Bertz CT molecular complexity index is 479. The molecular weight excluding hydrogens is 210 g/mol. The predicted molar refractivity (Wildman–Crippen MR) is 45.8 cm³/mol. The Morgan fingerprint density at radius 1 is 1.36 bits per heavy atom. The Balaban J connectivity index is 3.35. The quantitative estimate of drug-likeness (QED) is 0.413. The van der Waals surface area contributed by atoms with Gasteiger partial charge in [-0.25, -0.2) is 8.42 Å². The van der Waals surface area contributed by atoms with E-state index >= 15 is 0 Å². The maximum absolute atomic E-state index is 10.6. The van der Waals surface area contributed by atoms with Crippen molar-refractivity contribution in [2.45, 2.75) is 11.8 Å². The largest absolute Gasteiger partial charge is 0.744 e. The Labute approximate surface area is 80.1 Å². The van der Waals surface area contributed by atoms with E-state index < -0.39 is 19.9 Å². The second kappa shape index (κ2) is 3.35. The lowest BCUT2D eigenvalue weighted by Crippen LogP contribution is -2.01. The van der Waals surface area contributed by atoms with Gasteiger partial charge in [-0.1, -0.05) is 0 Å². The topological polar surface area (TPSA) is 100 Å². The van der Waals surface area contributed by atoms with Crippen molar-refractivity contribution in [3.8, 4) is 0 Å². The van der Waals surface area contributed by atoms with Gasteiger partial charge in [-0.3, -0.25) is 10.1 Å². The highest BCUT2D eigenvalue weighted by atomic mass is 32.2. The van der Waals surface area contributed by atoms with Gasteiger partial charge in [-0.05, 0) is 18.6 Å². The summed E-state index contributed by atoms with van der Waals surface area (Å²) in [6, 6.07) is 2.97. The third-order valence-electron chi connectivity index (χ3n) is 1.64. The van der Waals surface area contributed by atoms with Crippen LogP contribution in [0.15, 0.2) is 23.1 Å². The molecule has 0 radical (unpaired) electrons. The van der Waals surface area contributed by atoms with Crippen LogP contribution in [0.25, 0.3) is 0 Å². The Kier molecular flexibility index (Phi) is 2.54. The van der Waals surface area contributed by atoms with Crippen molar-refractivity contribution >= 4 is 15.8 Å². The van der Waals surface area contributed by atoms with Crippen LogP contribution in [-0.2, 0) is 10.1 Å². The molecule has 1 aromatic rings. The van der Waals surface area contributed by atoms with Crippen molar-refractivity contribution in [1.29, 1.82) is 0 Å². The standard InChI is InChI=1S/C7H7NO5S/c1-5-4-6(8(9)10)2-3-7(5)14(11,12)13/h2-4H,1H3,(H,11,12,13)/p-1. The zero-order valence-corrected chi connectivity index (χ0v) is 7.95. The maximum atomic E-state index is 10.6. The summed E-state index contributed by atoms with van der Waals surface area (Å²) in [6.45, 7) is 1.33. The first-order valence-electron chi connectivity index (χ1n) is 3.53. The number of nitro groups is 1. The summed E-state index contributed by atoms with van der Waals surface area (Å²) in [6.07, 6.45) is 0. The minimum atomic E-state index is -4.55. The molecule has 0 atom stereocenters. The molecule has 0 aromatic heterocycles. The molecule has 0 fully saturated rings. The minimum Gasteiger partial charge on any atom is -0.744 e. The van der Waals surface area contributed by atoms with Gasteiger partial charge in [0.15, 0.2) is 0 Å². The molecule has 76 valence electrons. The summed E-state index contributed by atoms with van der Waals surface area (Å²) >= 11 is 0. The number of nitro benzene ring substituents is 1. The molecule has 1 aromatic carbocycles. The van der Waals surface area contributed by atoms with Crippen molar-refractivity contribution in [3.05, 3.63) is 33.9 Å². The number of rotatable bonds is 2. The molecule has 1 rings (SSSR count). The number of hydrogen-bond acceptors (Lipinski definition) is 5. The van der Waals surface area contributed by atoms with Crippen LogP contribution >= 0.6 is 0 Å². The molecule has 0 spiro atoms. The third-order valence-corrected chi connectivity index (χ3v) is 2.64. The molecule has 0 unspecified atom stereocenters. The van der Waals surface area contributed by atoms with Crippen molar-refractivity contribution in [2.24, 2.45) is 0 Å². The van der Waals surface area contributed by atoms with Gasteiger partial charge in [-0.2, -0.15) is 0 Å². The molecule has 0 amide bonds. The SMILES string of the molecule is Cc1cc([N+](=O)[O-])ccc1S(=O)(=O)[O-]. The van der Waals surface area contributed by atoms with Crippen LogP contribution in [0.5, 0.6) is 0 Å². The Morgan fingerprint density at radius 3 is 2.29 bits per heavy atom. The monoisotopic (exact) mass is 216 g/mol. The van der Waals surface area contributed by atoms with E-state index in [1.807, 2.05) is 0 Å². The lowest BCUT2D eigenvalue weighted by atomic mass is 10.2. The summed E-state index contributed by atoms with van der Waals surface area (Å²) in [5.74, 6) is 0. The molecule has 14 heavy (non-hydrogen) atoms. The average Bonchev–Trinajstić information content (AvgIpc) is 2.01. The van der Waals surface area contributed by atoms with Gasteiger partial charge in [0.2, 0.25) is 0 Å². The molecular formula is C7H6NO5S-. The third kappa shape index (κ3) is 2.06. The van der Waals surface area contributed by atoms with Crippen molar-refractivity contribution in [3.63, 3.8) is 0 Å². The molecule has 0 aliphatic carbocycles.